The molecule has 0 saturated carbocycles. The Morgan fingerprint density at radius 3 is 2.76 bits per heavy atom. The molecule has 0 amide bonds. The van der Waals surface area contributed by atoms with Gasteiger partial charge in [0.1, 0.15) is 0 Å². The van der Waals surface area contributed by atoms with Crippen LogP contribution in [0, 0.1) is 0 Å². The first-order valence-corrected chi connectivity index (χ1v) is 9.29. The maximum atomic E-state index is 12.3. The predicted molar refractivity (Wildman–Crippen MR) is 86.9 cm³/mol. The summed E-state index contributed by atoms with van der Waals surface area (Å²) in [6.45, 7) is 5.21. The Morgan fingerprint density at radius 2 is 2.10 bits per heavy atom. The molecule has 0 bridgehead atoms. The third-order valence-electron chi connectivity index (χ3n) is 3.23. The molecule has 0 aliphatic carbocycles. The van der Waals surface area contributed by atoms with Crippen LogP contribution in [0.25, 0.3) is 0 Å². The summed E-state index contributed by atoms with van der Waals surface area (Å²) in [7, 11) is -3.48. The molecule has 1 atom stereocenters. The maximum Gasteiger partial charge on any atom is 0.240 e. The van der Waals surface area contributed by atoms with Gasteiger partial charge in [-0.25, -0.2) is 13.1 Å². The first kappa shape index (κ1) is 16.2. The van der Waals surface area contributed by atoms with Gasteiger partial charge in [-0.3, -0.25) is 0 Å². The summed E-state index contributed by atoms with van der Waals surface area (Å²) in [6, 6.07) is 9.10. The van der Waals surface area contributed by atoms with Crippen LogP contribution in [0.1, 0.15) is 31.0 Å². The average molecular weight is 324 g/mol. The van der Waals surface area contributed by atoms with Gasteiger partial charge in [0.15, 0.2) is 0 Å². The molecule has 1 aromatic carbocycles. The first-order valence-electron chi connectivity index (χ1n) is 6.87. The van der Waals surface area contributed by atoms with Crippen molar-refractivity contribution in [2.45, 2.75) is 31.3 Å². The summed E-state index contributed by atoms with van der Waals surface area (Å²) < 4.78 is 27.3. The lowest BCUT2D eigenvalue weighted by molar-refractivity contribution is 0.578. The van der Waals surface area contributed by atoms with Gasteiger partial charge in [-0.2, -0.15) is 11.3 Å². The third-order valence-corrected chi connectivity index (χ3v) is 5.36. The molecule has 1 aromatic heterocycles. The van der Waals surface area contributed by atoms with Gasteiger partial charge in [0.2, 0.25) is 10.0 Å². The molecule has 0 saturated heterocycles. The minimum Gasteiger partial charge on any atom is -0.310 e. The Hall–Kier alpha value is -1.21. The molecule has 4 nitrogen and oxygen atoms in total. The monoisotopic (exact) mass is 324 g/mol. The zero-order valence-electron chi connectivity index (χ0n) is 12.2. The second-order valence-electron chi connectivity index (χ2n) is 4.81. The molecule has 1 unspecified atom stereocenters. The highest BCUT2D eigenvalue weighted by molar-refractivity contribution is 7.89. The van der Waals surface area contributed by atoms with E-state index in [4.69, 9.17) is 0 Å². The van der Waals surface area contributed by atoms with E-state index in [1.165, 1.54) is 0 Å². The number of nitrogens with one attached hydrogen (secondary N) is 2. The molecule has 114 valence electrons. The average Bonchev–Trinajstić information content (AvgIpc) is 2.99. The van der Waals surface area contributed by atoms with Crippen LogP contribution in [-0.2, 0) is 16.6 Å². The number of hydrogen-bond acceptors (Lipinski definition) is 4. The van der Waals surface area contributed by atoms with E-state index < -0.39 is 10.0 Å². The molecular weight excluding hydrogens is 304 g/mol. The highest BCUT2D eigenvalue weighted by atomic mass is 32.2. The fourth-order valence-electron chi connectivity index (χ4n) is 2.03. The SMILES string of the molecule is CCNC(C)c1cccc(S(=O)(=O)NCc2ccsc2)c1. The van der Waals surface area contributed by atoms with Crippen molar-refractivity contribution < 1.29 is 8.42 Å². The number of hydrogen-bond donors (Lipinski definition) is 2. The van der Waals surface area contributed by atoms with Crippen LogP contribution >= 0.6 is 11.3 Å². The van der Waals surface area contributed by atoms with Crippen LogP contribution in [0.2, 0.25) is 0 Å². The number of benzene rings is 1. The second-order valence-corrected chi connectivity index (χ2v) is 7.35. The summed E-state index contributed by atoms with van der Waals surface area (Å²) in [5.74, 6) is 0. The standard InChI is InChI=1S/C15H20N2O2S2/c1-3-16-12(2)14-5-4-6-15(9-14)21(18,19)17-10-13-7-8-20-11-13/h4-9,11-12,16-17H,3,10H2,1-2H3. The molecule has 2 aromatic rings. The number of sulfonamides is 1. The van der Waals surface area contributed by atoms with Crippen LogP contribution in [0.5, 0.6) is 0 Å². The molecule has 0 aliphatic rings. The van der Waals surface area contributed by atoms with E-state index >= 15 is 0 Å². The number of thiophene rings is 1. The van der Waals surface area contributed by atoms with Crippen molar-refractivity contribution in [3.63, 3.8) is 0 Å². The molecule has 0 radical (unpaired) electrons. The second kappa shape index (κ2) is 7.17. The topological polar surface area (TPSA) is 58.2 Å². The molecular formula is C15H20N2O2S2. The van der Waals surface area contributed by atoms with Gasteiger partial charge in [0.25, 0.3) is 0 Å². The van der Waals surface area contributed by atoms with Gasteiger partial charge in [-0.05, 0) is 53.6 Å². The Labute approximate surface area is 130 Å². The zero-order valence-corrected chi connectivity index (χ0v) is 13.8. The van der Waals surface area contributed by atoms with E-state index in [0.29, 0.717) is 11.4 Å². The van der Waals surface area contributed by atoms with Gasteiger partial charge < -0.3 is 5.32 Å². The third kappa shape index (κ3) is 4.38. The molecule has 6 heteroatoms. The summed E-state index contributed by atoms with van der Waals surface area (Å²) >= 11 is 1.55. The van der Waals surface area contributed by atoms with E-state index in [1.54, 1.807) is 29.5 Å². The number of rotatable bonds is 7. The van der Waals surface area contributed by atoms with Crippen LogP contribution in [0.4, 0.5) is 0 Å². The minimum absolute atomic E-state index is 0.127. The molecule has 0 spiro atoms. The summed E-state index contributed by atoms with van der Waals surface area (Å²) in [5, 5.41) is 7.15. The smallest absolute Gasteiger partial charge is 0.240 e. The molecule has 2 rings (SSSR count). The van der Waals surface area contributed by atoms with E-state index in [1.807, 2.05) is 36.7 Å². The maximum absolute atomic E-state index is 12.3. The quantitative estimate of drug-likeness (QED) is 0.823. The normalized spacial score (nSPS) is 13.2. The Morgan fingerprint density at radius 1 is 1.29 bits per heavy atom. The summed E-state index contributed by atoms with van der Waals surface area (Å²) in [6.07, 6.45) is 0. The Kier molecular flexibility index (Phi) is 5.52. The van der Waals surface area contributed by atoms with Crippen LogP contribution in [0.15, 0.2) is 46.0 Å². The van der Waals surface area contributed by atoms with Gasteiger partial charge in [0.05, 0.1) is 4.90 Å². The highest BCUT2D eigenvalue weighted by Crippen LogP contribution is 2.18. The van der Waals surface area contributed by atoms with Crippen LogP contribution < -0.4 is 10.0 Å². The summed E-state index contributed by atoms with van der Waals surface area (Å²) in [4.78, 5) is 0.306. The van der Waals surface area contributed by atoms with Crippen molar-refractivity contribution in [3.05, 3.63) is 52.2 Å². The minimum atomic E-state index is -3.48. The van der Waals surface area contributed by atoms with Gasteiger partial charge >= 0.3 is 0 Å². The fourth-order valence-corrected chi connectivity index (χ4v) is 3.77. The van der Waals surface area contributed by atoms with Crippen molar-refractivity contribution >= 4 is 21.4 Å². The van der Waals surface area contributed by atoms with Crippen molar-refractivity contribution in [2.24, 2.45) is 0 Å². The Balaban J connectivity index is 2.14. The van der Waals surface area contributed by atoms with Gasteiger partial charge in [-0.1, -0.05) is 19.1 Å². The lowest BCUT2D eigenvalue weighted by Gasteiger charge is -2.14. The van der Waals surface area contributed by atoms with Crippen molar-refractivity contribution in [3.8, 4) is 0 Å². The molecule has 1 heterocycles. The summed E-state index contributed by atoms with van der Waals surface area (Å²) in [5.41, 5.74) is 1.94. The van der Waals surface area contributed by atoms with E-state index in [0.717, 1.165) is 17.7 Å². The fraction of sp³-hybridized carbons (Fsp3) is 0.333. The van der Waals surface area contributed by atoms with Crippen molar-refractivity contribution in [1.29, 1.82) is 0 Å². The van der Waals surface area contributed by atoms with Crippen molar-refractivity contribution in [2.75, 3.05) is 6.54 Å². The van der Waals surface area contributed by atoms with Crippen LogP contribution in [-0.4, -0.2) is 15.0 Å². The molecule has 0 aliphatic heterocycles. The molecule has 0 fully saturated rings. The van der Waals surface area contributed by atoms with E-state index in [-0.39, 0.29) is 6.04 Å². The van der Waals surface area contributed by atoms with E-state index in [2.05, 4.69) is 10.0 Å². The van der Waals surface area contributed by atoms with Gasteiger partial charge in [0, 0.05) is 12.6 Å². The first-order chi connectivity index (χ1) is 10.0. The van der Waals surface area contributed by atoms with Crippen molar-refractivity contribution in [1.82, 2.24) is 10.0 Å². The highest BCUT2D eigenvalue weighted by Gasteiger charge is 2.15. The zero-order chi connectivity index (χ0) is 15.3. The predicted octanol–water partition coefficient (Wildman–Crippen LogP) is 2.90. The lowest BCUT2D eigenvalue weighted by atomic mass is 10.1. The molecule has 2 N–H and O–H groups in total. The van der Waals surface area contributed by atoms with Gasteiger partial charge in [-0.15, -0.1) is 0 Å². The van der Waals surface area contributed by atoms with Crippen LogP contribution in [0.3, 0.4) is 0 Å². The lowest BCUT2D eigenvalue weighted by Crippen LogP contribution is -2.23. The largest absolute Gasteiger partial charge is 0.310 e. The molecule has 21 heavy (non-hydrogen) atoms. The Bertz CT molecular complexity index is 667. The van der Waals surface area contributed by atoms with E-state index in [9.17, 15) is 8.42 Å².